The fourth-order valence-corrected chi connectivity index (χ4v) is 4.08. The van der Waals surface area contributed by atoms with Crippen molar-refractivity contribution in [1.82, 2.24) is 14.7 Å². The molecular weight excluding hydrogens is 386 g/mol. The van der Waals surface area contributed by atoms with E-state index in [1.807, 2.05) is 56.4 Å². The van der Waals surface area contributed by atoms with Crippen LogP contribution in [0.4, 0.5) is 0 Å². The van der Waals surface area contributed by atoms with Crippen LogP contribution >= 0.6 is 11.6 Å². The lowest BCUT2D eigenvalue weighted by molar-refractivity contribution is 0.178. The van der Waals surface area contributed by atoms with Gasteiger partial charge < -0.3 is 9.84 Å². The van der Waals surface area contributed by atoms with E-state index >= 15 is 0 Å². The summed E-state index contributed by atoms with van der Waals surface area (Å²) in [5.74, 6) is 0.886. The molecule has 0 saturated heterocycles. The average molecular weight is 412 g/mol. The molecule has 1 N–H and O–H groups in total. The summed E-state index contributed by atoms with van der Waals surface area (Å²) in [6.07, 6.45) is 0.0451. The van der Waals surface area contributed by atoms with E-state index in [0.717, 1.165) is 53.3 Å². The quantitative estimate of drug-likeness (QED) is 0.688. The first-order chi connectivity index (χ1) is 14.0. The minimum atomic E-state index is -0.547. The molecule has 3 aromatic rings. The van der Waals surface area contributed by atoms with Crippen LogP contribution in [-0.4, -0.2) is 32.9 Å². The third kappa shape index (κ3) is 4.47. The van der Waals surface area contributed by atoms with Crippen molar-refractivity contribution in [2.75, 3.05) is 13.2 Å². The molecule has 1 unspecified atom stereocenters. The monoisotopic (exact) mass is 411 g/mol. The highest BCUT2D eigenvalue weighted by molar-refractivity contribution is 6.30. The van der Waals surface area contributed by atoms with Crippen LogP contribution in [0.1, 0.15) is 34.1 Å². The maximum atomic E-state index is 10.7. The average Bonchev–Trinajstić information content (AvgIpc) is 2.87. The molecule has 1 aromatic heterocycles. The topological polar surface area (TPSA) is 50.5 Å². The van der Waals surface area contributed by atoms with Crippen molar-refractivity contribution >= 4 is 11.6 Å². The second-order valence-electron chi connectivity index (χ2n) is 7.61. The Bertz CT molecular complexity index is 987. The van der Waals surface area contributed by atoms with Gasteiger partial charge in [0, 0.05) is 44.2 Å². The van der Waals surface area contributed by atoms with Gasteiger partial charge in [0.25, 0.3) is 0 Å². The van der Waals surface area contributed by atoms with Gasteiger partial charge in [0.05, 0.1) is 11.8 Å². The summed E-state index contributed by atoms with van der Waals surface area (Å²) >= 11 is 6.43. The fraction of sp³-hybridized carbons (Fsp3) is 0.348. The Kier molecular flexibility index (Phi) is 5.90. The zero-order valence-corrected chi connectivity index (χ0v) is 17.6. The van der Waals surface area contributed by atoms with Crippen molar-refractivity contribution in [3.63, 3.8) is 0 Å². The van der Waals surface area contributed by atoms with E-state index in [2.05, 4.69) is 16.1 Å². The smallest absolute Gasteiger partial charge is 0.131 e. The Morgan fingerprint density at radius 2 is 2.00 bits per heavy atom. The fourth-order valence-electron chi connectivity index (χ4n) is 3.84. The number of hydrogen-bond acceptors (Lipinski definition) is 4. The molecule has 0 bridgehead atoms. The summed E-state index contributed by atoms with van der Waals surface area (Å²) in [7, 11) is 1.86. The van der Waals surface area contributed by atoms with Crippen LogP contribution in [0.25, 0.3) is 0 Å². The third-order valence-electron chi connectivity index (χ3n) is 5.45. The summed E-state index contributed by atoms with van der Waals surface area (Å²) in [6, 6.07) is 16.1. The minimum absolute atomic E-state index is 0.547. The van der Waals surface area contributed by atoms with Crippen LogP contribution in [0.2, 0.25) is 5.15 Å². The number of fused-ring (bicyclic) bond motifs is 1. The predicted octanol–water partition coefficient (Wildman–Crippen LogP) is 4.05. The number of rotatable bonds is 5. The van der Waals surface area contributed by atoms with Crippen molar-refractivity contribution in [2.24, 2.45) is 7.05 Å². The first kappa shape index (κ1) is 20.0. The normalized spacial score (nSPS) is 15.4. The summed E-state index contributed by atoms with van der Waals surface area (Å²) in [4.78, 5) is 2.31. The highest BCUT2D eigenvalue weighted by atomic mass is 35.5. The number of aliphatic hydroxyl groups excluding tert-OH is 1. The first-order valence-electron chi connectivity index (χ1n) is 9.89. The lowest BCUT2D eigenvalue weighted by atomic mass is 9.99. The molecule has 0 fully saturated rings. The SMILES string of the molecule is Cc1nn(C)c(Cl)c1CN1CCOc2ccc(C(O)Cc3ccccc3)cc2C1. The number of aromatic nitrogens is 2. The number of nitrogens with zero attached hydrogens (tertiary/aromatic N) is 3. The van der Waals surface area contributed by atoms with Gasteiger partial charge in [-0.05, 0) is 30.2 Å². The van der Waals surface area contributed by atoms with Gasteiger partial charge in [-0.15, -0.1) is 0 Å². The molecule has 2 aromatic carbocycles. The molecule has 0 saturated carbocycles. The van der Waals surface area contributed by atoms with E-state index in [1.165, 1.54) is 0 Å². The Labute approximate surface area is 176 Å². The Morgan fingerprint density at radius 1 is 1.21 bits per heavy atom. The zero-order valence-electron chi connectivity index (χ0n) is 16.8. The molecule has 4 rings (SSSR count). The van der Waals surface area contributed by atoms with E-state index in [1.54, 1.807) is 4.68 Å². The number of benzene rings is 2. The summed E-state index contributed by atoms with van der Waals surface area (Å²) in [5, 5.41) is 15.8. The summed E-state index contributed by atoms with van der Waals surface area (Å²) in [6.45, 7) is 4.88. The van der Waals surface area contributed by atoms with Gasteiger partial charge >= 0.3 is 0 Å². The molecule has 152 valence electrons. The van der Waals surface area contributed by atoms with Crippen LogP contribution in [0, 0.1) is 6.92 Å². The van der Waals surface area contributed by atoms with Gasteiger partial charge in [0.2, 0.25) is 0 Å². The van der Waals surface area contributed by atoms with Crippen molar-refractivity contribution < 1.29 is 9.84 Å². The molecule has 0 spiro atoms. The number of aliphatic hydroxyl groups is 1. The molecule has 0 aliphatic carbocycles. The van der Waals surface area contributed by atoms with Crippen molar-refractivity contribution in [2.45, 2.75) is 32.5 Å². The van der Waals surface area contributed by atoms with E-state index in [4.69, 9.17) is 16.3 Å². The molecule has 1 aliphatic rings. The number of aryl methyl sites for hydroxylation is 2. The van der Waals surface area contributed by atoms with Crippen molar-refractivity contribution in [3.8, 4) is 5.75 Å². The number of halogens is 1. The molecule has 0 amide bonds. The zero-order chi connectivity index (χ0) is 20.4. The number of ether oxygens (including phenoxy) is 1. The van der Waals surface area contributed by atoms with E-state index in [9.17, 15) is 5.11 Å². The third-order valence-corrected chi connectivity index (χ3v) is 5.92. The van der Waals surface area contributed by atoms with Crippen LogP contribution in [-0.2, 0) is 26.6 Å². The molecule has 29 heavy (non-hydrogen) atoms. The molecule has 5 nitrogen and oxygen atoms in total. The molecule has 1 atom stereocenters. The Balaban J connectivity index is 1.52. The van der Waals surface area contributed by atoms with Gasteiger partial charge in [0.15, 0.2) is 0 Å². The van der Waals surface area contributed by atoms with E-state index < -0.39 is 6.10 Å². The summed E-state index contributed by atoms with van der Waals surface area (Å²) < 4.78 is 7.67. The van der Waals surface area contributed by atoms with Crippen molar-refractivity contribution in [1.29, 1.82) is 0 Å². The molecule has 2 heterocycles. The lowest BCUT2D eigenvalue weighted by Crippen LogP contribution is -2.25. The second-order valence-corrected chi connectivity index (χ2v) is 7.97. The number of hydrogen-bond donors (Lipinski definition) is 1. The van der Waals surface area contributed by atoms with Gasteiger partial charge in [-0.25, -0.2) is 0 Å². The highest BCUT2D eigenvalue weighted by Gasteiger charge is 2.21. The molecule has 0 radical (unpaired) electrons. The van der Waals surface area contributed by atoms with E-state index in [-0.39, 0.29) is 0 Å². The van der Waals surface area contributed by atoms with Crippen LogP contribution < -0.4 is 4.74 Å². The van der Waals surface area contributed by atoms with Crippen LogP contribution in [0.5, 0.6) is 5.75 Å². The van der Waals surface area contributed by atoms with Crippen LogP contribution in [0.3, 0.4) is 0 Å². The maximum Gasteiger partial charge on any atom is 0.131 e. The summed E-state index contributed by atoms with van der Waals surface area (Å²) in [5.41, 5.74) is 5.13. The minimum Gasteiger partial charge on any atom is -0.492 e. The molecule has 6 heteroatoms. The maximum absolute atomic E-state index is 10.7. The predicted molar refractivity (Wildman–Crippen MR) is 114 cm³/mol. The van der Waals surface area contributed by atoms with Gasteiger partial charge in [0.1, 0.15) is 17.5 Å². The molecule has 1 aliphatic heterocycles. The van der Waals surface area contributed by atoms with Crippen molar-refractivity contribution in [3.05, 3.63) is 81.6 Å². The molecular formula is C23H26ClN3O2. The first-order valence-corrected chi connectivity index (χ1v) is 10.3. The van der Waals surface area contributed by atoms with Gasteiger partial charge in [-0.2, -0.15) is 5.10 Å². The Morgan fingerprint density at radius 3 is 2.72 bits per heavy atom. The lowest BCUT2D eigenvalue weighted by Gasteiger charge is -2.20. The highest BCUT2D eigenvalue weighted by Crippen LogP contribution is 2.29. The van der Waals surface area contributed by atoms with Gasteiger partial charge in [-0.3, -0.25) is 9.58 Å². The standard InChI is InChI=1S/C23H26ClN3O2/c1-16-20(23(24)26(2)25-16)15-27-10-11-29-22-9-8-18(13-19(22)14-27)21(28)12-17-6-4-3-5-7-17/h3-9,13,21,28H,10-12,14-15H2,1-2H3. The van der Waals surface area contributed by atoms with Crippen LogP contribution in [0.15, 0.2) is 48.5 Å². The van der Waals surface area contributed by atoms with E-state index in [0.29, 0.717) is 18.2 Å². The second kappa shape index (κ2) is 8.57. The Hall–Kier alpha value is -2.34. The largest absolute Gasteiger partial charge is 0.492 e. The van der Waals surface area contributed by atoms with Gasteiger partial charge in [-0.1, -0.05) is 48.0 Å².